The number of aromatic nitrogens is 2. The van der Waals surface area contributed by atoms with Gasteiger partial charge < -0.3 is 10.1 Å². The normalized spacial score (nSPS) is 13.1. The second-order valence-corrected chi connectivity index (χ2v) is 5.35. The highest BCUT2D eigenvalue weighted by Gasteiger charge is 2.03. The summed E-state index contributed by atoms with van der Waals surface area (Å²) in [4.78, 5) is 0. The van der Waals surface area contributed by atoms with Crippen molar-refractivity contribution in [1.29, 1.82) is 0 Å². The topological polar surface area (TPSA) is 39.1 Å². The first-order valence-electron chi connectivity index (χ1n) is 7.49. The first kappa shape index (κ1) is 16.2. The van der Waals surface area contributed by atoms with Crippen LogP contribution in [0.4, 0.5) is 0 Å². The summed E-state index contributed by atoms with van der Waals surface area (Å²) in [5.74, 6) is 0. The van der Waals surface area contributed by atoms with E-state index in [2.05, 4.69) is 50.4 Å². The molecule has 0 saturated heterocycles. The molecule has 4 nitrogen and oxygen atoms in total. The predicted octanol–water partition coefficient (Wildman–Crippen LogP) is 3.15. The van der Waals surface area contributed by atoms with Crippen LogP contribution in [-0.2, 0) is 11.3 Å². The summed E-state index contributed by atoms with van der Waals surface area (Å²) in [6.07, 6.45) is 5.80. The standard InChI is InChI=1S/C15H29N3O/c1-5-14(4)18-10-8-15(17-18)12-16-9-6-7-11-19-13(2)3/h8,10,13-14,16H,5-7,9,11-12H2,1-4H3. The van der Waals surface area contributed by atoms with E-state index >= 15 is 0 Å². The van der Waals surface area contributed by atoms with Gasteiger partial charge in [-0.15, -0.1) is 0 Å². The first-order valence-corrected chi connectivity index (χ1v) is 7.49. The van der Waals surface area contributed by atoms with Crippen molar-refractivity contribution in [2.75, 3.05) is 13.2 Å². The Morgan fingerprint density at radius 1 is 1.32 bits per heavy atom. The highest BCUT2D eigenvalue weighted by Crippen LogP contribution is 2.08. The largest absolute Gasteiger partial charge is 0.379 e. The molecule has 0 saturated carbocycles. The molecule has 1 aromatic heterocycles. The van der Waals surface area contributed by atoms with Crippen molar-refractivity contribution in [1.82, 2.24) is 15.1 Å². The van der Waals surface area contributed by atoms with Crippen LogP contribution >= 0.6 is 0 Å². The van der Waals surface area contributed by atoms with Gasteiger partial charge >= 0.3 is 0 Å². The molecule has 1 heterocycles. The first-order chi connectivity index (χ1) is 9.13. The van der Waals surface area contributed by atoms with Crippen LogP contribution in [0.1, 0.15) is 58.7 Å². The van der Waals surface area contributed by atoms with Crippen molar-refractivity contribution in [2.24, 2.45) is 0 Å². The smallest absolute Gasteiger partial charge is 0.0762 e. The molecule has 0 amide bonds. The van der Waals surface area contributed by atoms with E-state index in [9.17, 15) is 0 Å². The molecule has 1 unspecified atom stereocenters. The van der Waals surface area contributed by atoms with E-state index in [0.29, 0.717) is 12.1 Å². The molecule has 0 radical (unpaired) electrons. The van der Waals surface area contributed by atoms with Crippen molar-refractivity contribution >= 4 is 0 Å². The number of nitrogens with zero attached hydrogens (tertiary/aromatic N) is 2. The Bertz CT molecular complexity index is 336. The lowest BCUT2D eigenvalue weighted by Crippen LogP contribution is -2.16. The number of rotatable bonds is 10. The van der Waals surface area contributed by atoms with E-state index in [1.165, 1.54) is 0 Å². The summed E-state index contributed by atoms with van der Waals surface area (Å²) in [5.41, 5.74) is 1.12. The van der Waals surface area contributed by atoms with Crippen molar-refractivity contribution in [3.8, 4) is 0 Å². The fourth-order valence-electron chi connectivity index (χ4n) is 1.79. The van der Waals surface area contributed by atoms with Gasteiger partial charge in [-0.25, -0.2) is 0 Å². The highest BCUT2D eigenvalue weighted by molar-refractivity contribution is 4.99. The van der Waals surface area contributed by atoms with Crippen molar-refractivity contribution in [2.45, 2.75) is 65.6 Å². The highest BCUT2D eigenvalue weighted by atomic mass is 16.5. The monoisotopic (exact) mass is 267 g/mol. The molecular weight excluding hydrogens is 238 g/mol. The maximum atomic E-state index is 5.51. The number of nitrogens with one attached hydrogen (secondary N) is 1. The number of unbranched alkanes of at least 4 members (excludes halogenated alkanes) is 1. The van der Waals surface area contributed by atoms with Gasteiger partial charge in [-0.3, -0.25) is 4.68 Å². The van der Waals surface area contributed by atoms with Gasteiger partial charge in [0, 0.05) is 25.4 Å². The van der Waals surface area contributed by atoms with Crippen LogP contribution < -0.4 is 5.32 Å². The minimum Gasteiger partial charge on any atom is -0.379 e. The summed E-state index contributed by atoms with van der Waals surface area (Å²) in [6, 6.07) is 2.59. The molecule has 0 aliphatic heterocycles. The van der Waals surface area contributed by atoms with Crippen LogP contribution in [0.2, 0.25) is 0 Å². The Morgan fingerprint density at radius 2 is 2.11 bits per heavy atom. The molecule has 4 heteroatoms. The van der Waals surface area contributed by atoms with Crippen LogP contribution in [0.3, 0.4) is 0 Å². The fourth-order valence-corrected chi connectivity index (χ4v) is 1.79. The molecule has 0 spiro atoms. The molecule has 0 aliphatic carbocycles. The third-order valence-electron chi connectivity index (χ3n) is 3.21. The van der Waals surface area contributed by atoms with Crippen LogP contribution in [0.15, 0.2) is 12.3 Å². The van der Waals surface area contributed by atoms with Crippen molar-refractivity contribution < 1.29 is 4.74 Å². The summed E-state index contributed by atoms with van der Waals surface area (Å²) >= 11 is 0. The maximum absolute atomic E-state index is 5.51. The van der Waals surface area contributed by atoms with Gasteiger partial charge in [-0.05, 0) is 52.6 Å². The van der Waals surface area contributed by atoms with Gasteiger partial charge in [0.2, 0.25) is 0 Å². The average Bonchev–Trinajstić information content (AvgIpc) is 2.85. The Morgan fingerprint density at radius 3 is 2.79 bits per heavy atom. The van der Waals surface area contributed by atoms with E-state index in [1.807, 2.05) is 4.68 Å². The van der Waals surface area contributed by atoms with Gasteiger partial charge in [-0.2, -0.15) is 5.10 Å². The molecule has 1 atom stereocenters. The lowest BCUT2D eigenvalue weighted by atomic mass is 10.3. The Labute approximate surface area is 117 Å². The number of hydrogen-bond acceptors (Lipinski definition) is 3. The van der Waals surface area contributed by atoms with Crippen LogP contribution in [0.25, 0.3) is 0 Å². The minimum atomic E-state index is 0.345. The summed E-state index contributed by atoms with van der Waals surface area (Å²) in [7, 11) is 0. The summed E-state index contributed by atoms with van der Waals surface area (Å²) < 4.78 is 7.55. The van der Waals surface area contributed by atoms with Gasteiger partial charge in [0.25, 0.3) is 0 Å². The van der Waals surface area contributed by atoms with E-state index < -0.39 is 0 Å². The SMILES string of the molecule is CCC(C)n1ccc(CNCCCCOC(C)C)n1. The molecule has 1 N–H and O–H groups in total. The summed E-state index contributed by atoms with van der Waals surface area (Å²) in [6.45, 7) is 11.3. The van der Waals surface area contributed by atoms with Gasteiger partial charge in [0.1, 0.15) is 0 Å². The predicted molar refractivity (Wildman–Crippen MR) is 79.3 cm³/mol. The van der Waals surface area contributed by atoms with E-state index in [-0.39, 0.29) is 0 Å². The molecule has 19 heavy (non-hydrogen) atoms. The van der Waals surface area contributed by atoms with Crippen LogP contribution in [0, 0.1) is 0 Å². The van der Waals surface area contributed by atoms with Gasteiger partial charge in [-0.1, -0.05) is 6.92 Å². The number of hydrogen-bond donors (Lipinski definition) is 1. The second-order valence-electron chi connectivity index (χ2n) is 5.35. The molecule has 0 bridgehead atoms. The lowest BCUT2D eigenvalue weighted by Gasteiger charge is -2.08. The third-order valence-corrected chi connectivity index (χ3v) is 3.21. The molecule has 0 aromatic carbocycles. The average molecular weight is 267 g/mol. The Hall–Kier alpha value is -0.870. The summed E-state index contributed by atoms with van der Waals surface area (Å²) in [5, 5.41) is 8.00. The lowest BCUT2D eigenvalue weighted by molar-refractivity contribution is 0.0760. The number of ether oxygens (including phenoxy) is 1. The Kier molecular flexibility index (Phi) is 7.75. The quantitative estimate of drug-likeness (QED) is 0.662. The maximum Gasteiger partial charge on any atom is 0.0762 e. The molecule has 0 fully saturated rings. The molecular formula is C15H29N3O. The van der Waals surface area contributed by atoms with E-state index in [0.717, 1.165) is 44.7 Å². The van der Waals surface area contributed by atoms with E-state index in [4.69, 9.17) is 4.74 Å². The van der Waals surface area contributed by atoms with Crippen molar-refractivity contribution in [3.05, 3.63) is 18.0 Å². The third kappa shape index (κ3) is 6.73. The molecule has 1 aromatic rings. The molecule has 1 rings (SSSR count). The minimum absolute atomic E-state index is 0.345. The second kappa shape index (κ2) is 9.10. The van der Waals surface area contributed by atoms with Crippen LogP contribution in [-0.4, -0.2) is 29.0 Å². The zero-order valence-corrected chi connectivity index (χ0v) is 12.9. The van der Waals surface area contributed by atoms with Gasteiger partial charge in [0.15, 0.2) is 0 Å². The van der Waals surface area contributed by atoms with Crippen molar-refractivity contribution in [3.63, 3.8) is 0 Å². The van der Waals surface area contributed by atoms with Crippen LogP contribution in [0.5, 0.6) is 0 Å². The zero-order chi connectivity index (χ0) is 14.1. The van der Waals surface area contributed by atoms with E-state index in [1.54, 1.807) is 0 Å². The Balaban J connectivity index is 2.08. The van der Waals surface area contributed by atoms with Gasteiger partial charge in [0.05, 0.1) is 11.8 Å². The molecule has 110 valence electrons. The zero-order valence-electron chi connectivity index (χ0n) is 12.9. The fraction of sp³-hybridized carbons (Fsp3) is 0.800. The molecule has 0 aliphatic rings.